The molecule has 1 atom stereocenters. The number of aromatic nitrogens is 4. The van der Waals surface area contributed by atoms with Crippen LogP contribution in [0, 0.1) is 13.8 Å². The molecule has 0 unspecified atom stereocenters. The van der Waals surface area contributed by atoms with Gasteiger partial charge in [-0.2, -0.15) is 4.68 Å². The van der Waals surface area contributed by atoms with E-state index in [2.05, 4.69) is 25.7 Å². The van der Waals surface area contributed by atoms with Crippen LogP contribution in [0.3, 0.4) is 0 Å². The fourth-order valence-corrected chi connectivity index (χ4v) is 5.28. The Morgan fingerprint density at radius 1 is 1.11 bits per heavy atom. The number of aryl methyl sites for hydroxylation is 2. The second-order valence-electron chi connectivity index (χ2n) is 9.57. The minimum atomic E-state index is -0.301. The Balaban J connectivity index is 1.39. The normalized spacial score (nSPS) is 16.3. The van der Waals surface area contributed by atoms with E-state index in [1.165, 1.54) is 0 Å². The molecule has 0 radical (unpaired) electrons. The van der Waals surface area contributed by atoms with Crippen molar-refractivity contribution in [2.45, 2.75) is 26.3 Å². The molecule has 6 rings (SSSR count). The molecular formula is C28H28N6O4. The Kier molecular flexibility index (Phi) is 5.96. The number of benzene rings is 3. The van der Waals surface area contributed by atoms with Gasteiger partial charge in [0.2, 0.25) is 12.5 Å². The van der Waals surface area contributed by atoms with Gasteiger partial charge in [-0.25, -0.2) is 0 Å². The van der Waals surface area contributed by atoms with Crippen LogP contribution in [0.4, 0.5) is 5.69 Å². The molecule has 0 saturated carbocycles. The average molecular weight is 513 g/mol. The van der Waals surface area contributed by atoms with Crippen molar-refractivity contribution in [3.8, 4) is 22.9 Å². The number of carbonyl (C=O) groups excluding carboxylic acids is 1. The van der Waals surface area contributed by atoms with Gasteiger partial charge in [-0.3, -0.25) is 9.69 Å². The highest BCUT2D eigenvalue weighted by Crippen LogP contribution is 2.50. The van der Waals surface area contributed by atoms with Gasteiger partial charge in [0.05, 0.1) is 12.8 Å². The van der Waals surface area contributed by atoms with E-state index >= 15 is 0 Å². The number of likely N-dealkylation sites (N-methyl/N-ethyl adjacent to an activating group) is 1. The van der Waals surface area contributed by atoms with Crippen LogP contribution in [-0.4, -0.2) is 58.5 Å². The van der Waals surface area contributed by atoms with Crippen molar-refractivity contribution in [1.82, 2.24) is 25.1 Å². The van der Waals surface area contributed by atoms with E-state index in [0.717, 1.165) is 40.9 Å². The lowest BCUT2D eigenvalue weighted by atomic mass is 9.90. The second-order valence-corrected chi connectivity index (χ2v) is 9.57. The average Bonchev–Trinajstić information content (AvgIpc) is 3.59. The van der Waals surface area contributed by atoms with Crippen LogP contribution in [-0.2, 0) is 6.42 Å². The van der Waals surface area contributed by atoms with Gasteiger partial charge >= 0.3 is 0 Å². The van der Waals surface area contributed by atoms with Crippen LogP contribution in [0.25, 0.3) is 5.69 Å². The van der Waals surface area contributed by atoms with Crippen LogP contribution >= 0.6 is 0 Å². The van der Waals surface area contributed by atoms with Gasteiger partial charge in [0.25, 0.3) is 5.91 Å². The van der Waals surface area contributed by atoms with E-state index in [4.69, 9.17) is 14.2 Å². The molecular weight excluding hydrogens is 484 g/mol. The fourth-order valence-electron chi connectivity index (χ4n) is 5.28. The van der Waals surface area contributed by atoms with Gasteiger partial charge in [-0.05, 0) is 78.7 Å². The quantitative estimate of drug-likeness (QED) is 0.430. The number of ether oxygens (including phenoxy) is 3. The van der Waals surface area contributed by atoms with Gasteiger partial charge in [-0.1, -0.05) is 24.3 Å². The highest BCUT2D eigenvalue weighted by molar-refractivity contribution is 6.05. The van der Waals surface area contributed by atoms with Crippen molar-refractivity contribution < 1.29 is 19.0 Å². The zero-order valence-corrected chi connectivity index (χ0v) is 21.7. The van der Waals surface area contributed by atoms with Gasteiger partial charge < -0.3 is 19.5 Å². The number of nitrogens with zero attached hydrogens (tertiary/aromatic N) is 5. The lowest BCUT2D eigenvalue weighted by Crippen LogP contribution is -2.35. The highest BCUT2D eigenvalue weighted by atomic mass is 16.7. The summed E-state index contributed by atoms with van der Waals surface area (Å²) in [5.74, 6) is 2.32. The van der Waals surface area contributed by atoms with Crippen molar-refractivity contribution in [2.24, 2.45) is 0 Å². The fraction of sp³-hybridized carbons (Fsp3) is 0.286. The lowest BCUT2D eigenvalue weighted by Gasteiger charge is -2.34. The largest absolute Gasteiger partial charge is 0.492 e. The van der Waals surface area contributed by atoms with E-state index in [-0.39, 0.29) is 18.7 Å². The lowest BCUT2D eigenvalue weighted by molar-refractivity contribution is 0.102. The number of carbonyl (C=O) groups is 1. The maximum Gasteiger partial charge on any atom is 0.255 e. The Hall–Kier alpha value is -4.44. The topological polar surface area (TPSA) is 104 Å². The molecule has 0 fully saturated rings. The molecule has 0 spiro atoms. The summed E-state index contributed by atoms with van der Waals surface area (Å²) in [6.45, 7) is 4.91. The van der Waals surface area contributed by atoms with Crippen molar-refractivity contribution in [1.29, 1.82) is 0 Å². The molecule has 10 nitrogen and oxygen atoms in total. The number of tetrazole rings is 1. The Morgan fingerprint density at radius 3 is 2.68 bits per heavy atom. The minimum absolute atomic E-state index is 0.156. The van der Waals surface area contributed by atoms with E-state index in [1.54, 1.807) is 23.9 Å². The number of para-hydroxylation sites is 1. The number of nitrogens with one attached hydrogen (secondary N) is 1. The van der Waals surface area contributed by atoms with Gasteiger partial charge in [0.15, 0.2) is 17.3 Å². The first-order valence-corrected chi connectivity index (χ1v) is 12.4. The smallest absolute Gasteiger partial charge is 0.255 e. The molecule has 2 aliphatic rings. The Labute approximate surface area is 220 Å². The standard InChI is InChI=1S/C28H28N6O4/c1-16-7-5-8-17(2)23(16)29-28(35)19-9-6-10-20(13-19)34-27(30-31-32-34)24-22-18(11-12-33(24)3)14-21-25(26(22)36-4)38-15-37-21/h5-10,13-14,24H,11-12,15H2,1-4H3,(H,29,35)/t24-/m0/s1. The summed E-state index contributed by atoms with van der Waals surface area (Å²) < 4.78 is 18.9. The predicted molar refractivity (Wildman–Crippen MR) is 140 cm³/mol. The van der Waals surface area contributed by atoms with Gasteiger partial charge in [0.1, 0.15) is 6.04 Å². The SMILES string of the molecule is COc1c2c(cc3c1[C@@H](c1nnnn1-c1cccc(C(=O)Nc4c(C)cccc4C)c1)N(C)CC3)OCO2. The summed E-state index contributed by atoms with van der Waals surface area (Å²) in [5, 5.41) is 15.8. The van der Waals surface area contributed by atoms with Crippen molar-refractivity contribution in [3.05, 3.63) is 82.2 Å². The van der Waals surface area contributed by atoms with Gasteiger partial charge in [-0.15, -0.1) is 5.10 Å². The zero-order valence-electron chi connectivity index (χ0n) is 21.7. The number of rotatable bonds is 5. The minimum Gasteiger partial charge on any atom is -0.492 e. The zero-order chi connectivity index (χ0) is 26.4. The monoisotopic (exact) mass is 512 g/mol. The van der Waals surface area contributed by atoms with Gasteiger partial charge in [0, 0.05) is 23.4 Å². The van der Waals surface area contributed by atoms with Crippen LogP contribution in [0.5, 0.6) is 17.2 Å². The number of methoxy groups -OCH3 is 1. The van der Waals surface area contributed by atoms with E-state index in [9.17, 15) is 4.79 Å². The van der Waals surface area contributed by atoms with Crippen molar-refractivity contribution in [3.63, 3.8) is 0 Å². The van der Waals surface area contributed by atoms with E-state index in [0.29, 0.717) is 34.3 Å². The van der Waals surface area contributed by atoms with E-state index < -0.39 is 0 Å². The molecule has 0 saturated heterocycles. The maximum absolute atomic E-state index is 13.2. The molecule has 3 aromatic carbocycles. The number of hydrogen-bond donors (Lipinski definition) is 1. The Morgan fingerprint density at radius 2 is 1.89 bits per heavy atom. The van der Waals surface area contributed by atoms with Crippen molar-refractivity contribution >= 4 is 11.6 Å². The number of amides is 1. The molecule has 194 valence electrons. The molecule has 0 aliphatic carbocycles. The summed E-state index contributed by atoms with van der Waals surface area (Å²) in [6.07, 6.45) is 0.824. The number of anilines is 1. The number of fused-ring (bicyclic) bond motifs is 2. The van der Waals surface area contributed by atoms with Crippen molar-refractivity contribution in [2.75, 3.05) is 32.8 Å². The molecule has 4 aromatic rings. The predicted octanol–water partition coefficient (Wildman–Crippen LogP) is 3.85. The summed E-state index contributed by atoms with van der Waals surface area (Å²) in [6, 6.07) is 14.9. The number of hydrogen-bond acceptors (Lipinski definition) is 8. The first kappa shape index (κ1) is 23.9. The molecule has 0 bridgehead atoms. The Bertz CT molecular complexity index is 1530. The second kappa shape index (κ2) is 9.46. The molecule has 3 heterocycles. The van der Waals surface area contributed by atoms with Crippen LogP contribution in [0.2, 0.25) is 0 Å². The molecule has 2 aliphatic heterocycles. The summed E-state index contributed by atoms with van der Waals surface area (Å²) in [4.78, 5) is 15.4. The molecule has 1 aromatic heterocycles. The molecule has 38 heavy (non-hydrogen) atoms. The van der Waals surface area contributed by atoms with Crippen LogP contribution in [0.15, 0.2) is 48.5 Å². The first-order valence-electron chi connectivity index (χ1n) is 12.4. The summed E-state index contributed by atoms with van der Waals surface area (Å²) in [7, 11) is 3.66. The highest BCUT2D eigenvalue weighted by Gasteiger charge is 2.37. The third-order valence-electron chi connectivity index (χ3n) is 7.21. The van der Waals surface area contributed by atoms with Crippen LogP contribution in [0.1, 0.15) is 44.5 Å². The summed E-state index contributed by atoms with van der Waals surface area (Å²) in [5.41, 5.74) is 6.06. The first-order chi connectivity index (χ1) is 18.5. The molecule has 10 heteroatoms. The van der Waals surface area contributed by atoms with Crippen LogP contribution < -0.4 is 19.5 Å². The molecule has 1 N–H and O–H groups in total. The van der Waals surface area contributed by atoms with E-state index in [1.807, 2.05) is 57.3 Å². The summed E-state index contributed by atoms with van der Waals surface area (Å²) >= 11 is 0. The third kappa shape index (κ3) is 3.93. The molecule has 1 amide bonds. The third-order valence-corrected chi connectivity index (χ3v) is 7.21. The maximum atomic E-state index is 13.2.